The highest BCUT2D eigenvalue weighted by molar-refractivity contribution is 7.92. The lowest BCUT2D eigenvalue weighted by atomic mass is 10.2. The number of benzene rings is 1. The van der Waals surface area contributed by atoms with Crippen molar-refractivity contribution < 1.29 is 17.9 Å². The Kier molecular flexibility index (Phi) is 4.21. The van der Waals surface area contributed by atoms with Crippen LogP contribution in [0.2, 0.25) is 0 Å². The van der Waals surface area contributed by atoms with Gasteiger partial charge in [-0.2, -0.15) is 5.10 Å². The molecule has 8 nitrogen and oxygen atoms in total. The molecular formula is C17H16N4O4S. The van der Waals surface area contributed by atoms with Crippen molar-refractivity contribution in [1.82, 2.24) is 14.8 Å². The second-order valence-electron chi connectivity index (χ2n) is 5.74. The van der Waals surface area contributed by atoms with Crippen molar-refractivity contribution in [3.63, 3.8) is 0 Å². The fourth-order valence-electron chi connectivity index (χ4n) is 2.60. The van der Waals surface area contributed by atoms with Gasteiger partial charge in [0.25, 0.3) is 10.0 Å². The largest absolute Gasteiger partial charge is 0.486 e. The fraction of sp³-hybridized carbons (Fsp3) is 0.176. The lowest BCUT2D eigenvalue weighted by Crippen LogP contribution is -2.33. The Labute approximate surface area is 150 Å². The van der Waals surface area contributed by atoms with E-state index in [-0.39, 0.29) is 11.0 Å². The second-order valence-corrected chi connectivity index (χ2v) is 7.43. The SMILES string of the molecule is O=S(=O)(Nc1cnn(CC2COc3ccccc3O2)c1)c1cccnc1. The molecule has 3 heterocycles. The van der Waals surface area contributed by atoms with E-state index in [1.54, 1.807) is 16.9 Å². The number of nitrogens with one attached hydrogen (secondary N) is 1. The monoisotopic (exact) mass is 372 g/mol. The van der Waals surface area contributed by atoms with Crippen molar-refractivity contribution in [2.75, 3.05) is 11.3 Å². The highest BCUT2D eigenvalue weighted by atomic mass is 32.2. The molecule has 9 heteroatoms. The number of anilines is 1. The molecule has 1 aliphatic heterocycles. The van der Waals surface area contributed by atoms with Gasteiger partial charge in [-0.25, -0.2) is 8.42 Å². The molecule has 1 unspecified atom stereocenters. The Balaban J connectivity index is 1.43. The molecule has 134 valence electrons. The molecule has 0 saturated heterocycles. The van der Waals surface area contributed by atoms with Gasteiger partial charge in [-0.05, 0) is 24.3 Å². The Bertz CT molecular complexity index is 1000. The third kappa shape index (κ3) is 3.47. The van der Waals surface area contributed by atoms with Gasteiger partial charge in [-0.3, -0.25) is 14.4 Å². The zero-order valence-electron chi connectivity index (χ0n) is 13.6. The maximum Gasteiger partial charge on any atom is 0.263 e. The Morgan fingerprint density at radius 2 is 2.00 bits per heavy atom. The van der Waals surface area contributed by atoms with Crippen LogP contribution < -0.4 is 14.2 Å². The highest BCUT2D eigenvalue weighted by Crippen LogP contribution is 2.31. The van der Waals surface area contributed by atoms with Crippen LogP contribution in [-0.2, 0) is 16.6 Å². The standard InChI is InChI=1S/C17H16N4O4S/c22-26(23,15-4-3-7-18-9-15)20-13-8-19-21(10-13)11-14-12-24-16-5-1-2-6-17(16)25-14/h1-10,14,20H,11-12H2. The number of sulfonamides is 1. The smallest absolute Gasteiger partial charge is 0.263 e. The van der Waals surface area contributed by atoms with Crippen LogP contribution in [0.15, 0.2) is 66.1 Å². The zero-order chi connectivity index (χ0) is 18.0. The topological polar surface area (TPSA) is 95.3 Å². The number of fused-ring (bicyclic) bond motifs is 1. The number of hydrogen-bond donors (Lipinski definition) is 1. The van der Waals surface area contributed by atoms with Crippen molar-refractivity contribution in [3.8, 4) is 11.5 Å². The molecule has 3 aromatic rings. The fourth-order valence-corrected chi connectivity index (χ4v) is 3.59. The molecule has 0 fully saturated rings. The summed E-state index contributed by atoms with van der Waals surface area (Å²) in [7, 11) is -3.69. The van der Waals surface area contributed by atoms with Crippen molar-refractivity contribution in [2.45, 2.75) is 17.5 Å². The first-order chi connectivity index (χ1) is 12.6. The molecular weight excluding hydrogens is 356 g/mol. The minimum absolute atomic E-state index is 0.0911. The van der Waals surface area contributed by atoms with Gasteiger partial charge in [-0.15, -0.1) is 0 Å². The third-order valence-electron chi connectivity index (χ3n) is 3.79. The number of ether oxygens (including phenoxy) is 2. The van der Waals surface area contributed by atoms with Gasteiger partial charge in [0.2, 0.25) is 0 Å². The number of rotatable bonds is 5. The van der Waals surface area contributed by atoms with E-state index in [0.29, 0.717) is 30.3 Å². The summed E-state index contributed by atoms with van der Waals surface area (Å²) < 4.78 is 40.3. The molecule has 0 radical (unpaired) electrons. The molecule has 26 heavy (non-hydrogen) atoms. The predicted molar refractivity (Wildman–Crippen MR) is 93.6 cm³/mol. The summed E-state index contributed by atoms with van der Waals surface area (Å²) in [5.41, 5.74) is 0.367. The van der Waals surface area contributed by atoms with E-state index in [4.69, 9.17) is 9.47 Å². The normalized spacial score (nSPS) is 16.2. The van der Waals surface area contributed by atoms with Crippen molar-refractivity contribution >= 4 is 15.7 Å². The van der Waals surface area contributed by atoms with E-state index < -0.39 is 10.0 Å². The molecule has 0 spiro atoms. The highest BCUT2D eigenvalue weighted by Gasteiger charge is 2.22. The Morgan fingerprint density at radius 1 is 1.15 bits per heavy atom. The minimum atomic E-state index is -3.69. The number of aromatic nitrogens is 3. The van der Waals surface area contributed by atoms with Gasteiger partial charge in [-0.1, -0.05) is 12.1 Å². The number of pyridine rings is 1. The van der Waals surface area contributed by atoms with Gasteiger partial charge in [0.05, 0.1) is 18.4 Å². The van der Waals surface area contributed by atoms with E-state index in [0.717, 1.165) is 0 Å². The molecule has 1 atom stereocenters. The first kappa shape index (κ1) is 16.4. The maximum atomic E-state index is 12.3. The predicted octanol–water partition coefficient (Wildman–Crippen LogP) is 1.92. The van der Waals surface area contributed by atoms with Crippen LogP contribution in [0.4, 0.5) is 5.69 Å². The average molecular weight is 372 g/mol. The third-order valence-corrected chi connectivity index (χ3v) is 5.15. The van der Waals surface area contributed by atoms with Crippen molar-refractivity contribution in [3.05, 3.63) is 61.2 Å². The lowest BCUT2D eigenvalue weighted by molar-refractivity contribution is 0.0759. The van der Waals surface area contributed by atoms with Gasteiger partial charge in [0, 0.05) is 18.6 Å². The number of nitrogens with zero attached hydrogens (tertiary/aromatic N) is 3. The molecule has 0 saturated carbocycles. The first-order valence-electron chi connectivity index (χ1n) is 7.94. The van der Waals surface area contributed by atoms with Gasteiger partial charge >= 0.3 is 0 Å². The van der Waals surface area contributed by atoms with E-state index in [9.17, 15) is 8.42 Å². The van der Waals surface area contributed by atoms with Gasteiger partial charge in [0.15, 0.2) is 17.6 Å². The summed E-state index contributed by atoms with van der Waals surface area (Å²) in [4.78, 5) is 3.91. The van der Waals surface area contributed by atoms with Crippen LogP contribution in [0.3, 0.4) is 0 Å². The van der Waals surface area contributed by atoms with Crippen LogP contribution in [-0.4, -0.2) is 35.9 Å². The number of hydrogen-bond acceptors (Lipinski definition) is 6. The zero-order valence-corrected chi connectivity index (χ0v) is 14.5. The summed E-state index contributed by atoms with van der Waals surface area (Å²) in [6.07, 6.45) is 5.65. The van der Waals surface area contributed by atoms with E-state index in [1.165, 1.54) is 24.7 Å². The van der Waals surface area contributed by atoms with E-state index in [2.05, 4.69) is 14.8 Å². The summed E-state index contributed by atoms with van der Waals surface area (Å²) in [5, 5.41) is 4.18. The van der Waals surface area contributed by atoms with Crippen LogP contribution in [0.25, 0.3) is 0 Å². The molecule has 1 aliphatic rings. The van der Waals surface area contributed by atoms with Gasteiger partial charge < -0.3 is 9.47 Å². The maximum absolute atomic E-state index is 12.3. The second kappa shape index (κ2) is 6.68. The van der Waals surface area contributed by atoms with Crippen LogP contribution in [0.5, 0.6) is 11.5 Å². The van der Waals surface area contributed by atoms with Crippen molar-refractivity contribution in [1.29, 1.82) is 0 Å². The van der Waals surface area contributed by atoms with Crippen molar-refractivity contribution in [2.24, 2.45) is 0 Å². The quantitative estimate of drug-likeness (QED) is 0.735. The Morgan fingerprint density at radius 3 is 2.81 bits per heavy atom. The summed E-state index contributed by atoms with van der Waals surface area (Å²) in [6, 6.07) is 10.5. The van der Waals surface area contributed by atoms with Crippen LogP contribution >= 0.6 is 0 Å². The molecule has 1 aromatic carbocycles. The Hall–Kier alpha value is -3.07. The number of para-hydroxylation sites is 2. The molecule has 0 bridgehead atoms. The van der Waals surface area contributed by atoms with Crippen LogP contribution in [0.1, 0.15) is 0 Å². The molecule has 1 N–H and O–H groups in total. The molecule has 4 rings (SSSR count). The summed E-state index contributed by atoms with van der Waals surface area (Å²) in [6.45, 7) is 0.830. The van der Waals surface area contributed by atoms with E-state index >= 15 is 0 Å². The average Bonchev–Trinajstić information content (AvgIpc) is 3.08. The lowest BCUT2D eigenvalue weighted by Gasteiger charge is -2.26. The minimum Gasteiger partial charge on any atom is -0.486 e. The molecule has 2 aromatic heterocycles. The van der Waals surface area contributed by atoms with E-state index in [1.807, 2.05) is 24.3 Å². The summed E-state index contributed by atoms with van der Waals surface area (Å²) >= 11 is 0. The van der Waals surface area contributed by atoms with Gasteiger partial charge in [0.1, 0.15) is 11.5 Å². The summed E-state index contributed by atoms with van der Waals surface area (Å²) in [5.74, 6) is 1.41. The van der Waals surface area contributed by atoms with Crippen LogP contribution in [0, 0.1) is 0 Å². The first-order valence-corrected chi connectivity index (χ1v) is 9.42. The molecule has 0 aliphatic carbocycles. The molecule has 0 amide bonds.